The lowest BCUT2D eigenvalue weighted by Crippen LogP contribution is -2.26. The molecule has 1 fully saturated rings. The Morgan fingerprint density at radius 1 is 1.47 bits per heavy atom. The SMILES string of the molecule is CCOCC1CN(CCCN)CC1(C)C. The van der Waals surface area contributed by atoms with Crippen LogP contribution < -0.4 is 5.73 Å². The van der Waals surface area contributed by atoms with Crippen LogP contribution >= 0.6 is 0 Å². The molecule has 1 atom stereocenters. The van der Waals surface area contributed by atoms with Crippen LogP contribution in [0.4, 0.5) is 0 Å². The molecule has 1 saturated heterocycles. The Bertz CT molecular complexity index is 182. The Morgan fingerprint density at radius 2 is 2.20 bits per heavy atom. The third-order valence-electron chi connectivity index (χ3n) is 3.42. The molecule has 1 unspecified atom stereocenters. The molecule has 1 aliphatic rings. The van der Waals surface area contributed by atoms with Crippen molar-refractivity contribution in [3.63, 3.8) is 0 Å². The fourth-order valence-electron chi connectivity index (χ4n) is 2.35. The Labute approximate surface area is 94.0 Å². The van der Waals surface area contributed by atoms with E-state index in [1.54, 1.807) is 0 Å². The van der Waals surface area contributed by atoms with Crippen LogP contribution in [0.2, 0.25) is 0 Å². The summed E-state index contributed by atoms with van der Waals surface area (Å²) in [5.41, 5.74) is 5.93. The molecule has 1 heterocycles. The van der Waals surface area contributed by atoms with Gasteiger partial charge >= 0.3 is 0 Å². The minimum Gasteiger partial charge on any atom is -0.381 e. The van der Waals surface area contributed by atoms with E-state index in [9.17, 15) is 0 Å². The summed E-state index contributed by atoms with van der Waals surface area (Å²) in [5, 5.41) is 0. The normalized spacial score (nSPS) is 26.0. The summed E-state index contributed by atoms with van der Waals surface area (Å²) in [5.74, 6) is 0.676. The highest BCUT2D eigenvalue weighted by atomic mass is 16.5. The van der Waals surface area contributed by atoms with Gasteiger partial charge in [-0.1, -0.05) is 13.8 Å². The minimum absolute atomic E-state index is 0.393. The number of ether oxygens (including phenoxy) is 1. The molecule has 0 bridgehead atoms. The fourth-order valence-corrected chi connectivity index (χ4v) is 2.35. The van der Waals surface area contributed by atoms with E-state index in [2.05, 4.69) is 25.7 Å². The van der Waals surface area contributed by atoms with Crippen LogP contribution in [0.1, 0.15) is 27.2 Å². The molecule has 0 radical (unpaired) electrons. The molecule has 3 nitrogen and oxygen atoms in total. The van der Waals surface area contributed by atoms with Gasteiger partial charge in [-0.15, -0.1) is 0 Å². The summed E-state index contributed by atoms with van der Waals surface area (Å²) in [4.78, 5) is 2.52. The van der Waals surface area contributed by atoms with Gasteiger partial charge < -0.3 is 15.4 Å². The smallest absolute Gasteiger partial charge is 0.0511 e. The predicted molar refractivity (Wildman–Crippen MR) is 63.9 cm³/mol. The van der Waals surface area contributed by atoms with Gasteiger partial charge in [0, 0.05) is 25.6 Å². The Kier molecular flexibility index (Phi) is 5.03. The van der Waals surface area contributed by atoms with Gasteiger partial charge in [0.25, 0.3) is 0 Å². The van der Waals surface area contributed by atoms with Crippen LogP contribution in [0.15, 0.2) is 0 Å². The first-order chi connectivity index (χ1) is 7.10. The average molecular weight is 214 g/mol. The van der Waals surface area contributed by atoms with Crippen LogP contribution in [0.25, 0.3) is 0 Å². The second-order valence-electron chi connectivity index (χ2n) is 5.22. The molecule has 3 heteroatoms. The zero-order valence-corrected chi connectivity index (χ0v) is 10.5. The number of nitrogens with zero attached hydrogens (tertiary/aromatic N) is 1. The van der Waals surface area contributed by atoms with Crippen molar-refractivity contribution < 1.29 is 4.74 Å². The molecule has 0 aromatic rings. The summed E-state index contributed by atoms with van der Waals surface area (Å²) < 4.78 is 5.55. The third kappa shape index (κ3) is 3.74. The van der Waals surface area contributed by atoms with Crippen LogP contribution in [0, 0.1) is 11.3 Å². The molecule has 0 aromatic heterocycles. The standard InChI is InChI=1S/C12H26N2O/c1-4-15-9-11-8-14(7-5-6-13)10-12(11,2)3/h11H,4-10,13H2,1-3H3. The largest absolute Gasteiger partial charge is 0.381 e. The van der Waals surface area contributed by atoms with E-state index >= 15 is 0 Å². The molecule has 0 aliphatic carbocycles. The molecular formula is C12H26N2O. The highest BCUT2D eigenvalue weighted by molar-refractivity contribution is 4.90. The quantitative estimate of drug-likeness (QED) is 0.725. The summed E-state index contributed by atoms with van der Waals surface area (Å²) in [6, 6.07) is 0. The van der Waals surface area contributed by atoms with Crippen molar-refractivity contribution in [3.05, 3.63) is 0 Å². The summed E-state index contributed by atoms with van der Waals surface area (Å²) in [7, 11) is 0. The predicted octanol–water partition coefficient (Wildman–Crippen LogP) is 1.33. The maximum atomic E-state index is 5.55. The van der Waals surface area contributed by atoms with Crippen LogP contribution in [-0.4, -0.2) is 44.3 Å². The first kappa shape index (κ1) is 12.9. The fraction of sp³-hybridized carbons (Fsp3) is 1.00. The van der Waals surface area contributed by atoms with E-state index in [1.165, 1.54) is 13.1 Å². The van der Waals surface area contributed by atoms with Gasteiger partial charge in [-0.3, -0.25) is 0 Å². The van der Waals surface area contributed by atoms with E-state index in [4.69, 9.17) is 10.5 Å². The van der Waals surface area contributed by atoms with E-state index in [0.717, 1.165) is 32.7 Å². The average Bonchev–Trinajstić information content (AvgIpc) is 2.47. The van der Waals surface area contributed by atoms with Crippen molar-refractivity contribution in [1.82, 2.24) is 4.90 Å². The second kappa shape index (κ2) is 5.83. The summed E-state index contributed by atoms with van der Waals surface area (Å²) in [6.45, 7) is 12.8. The van der Waals surface area contributed by atoms with E-state index in [1.807, 2.05) is 0 Å². The van der Waals surface area contributed by atoms with Gasteiger partial charge in [0.2, 0.25) is 0 Å². The third-order valence-corrected chi connectivity index (χ3v) is 3.42. The van der Waals surface area contributed by atoms with Crippen molar-refractivity contribution in [2.45, 2.75) is 27.2 Å². The zero-order chi connectivity index (χ0) is 11.3. The minimum atomic E-state index is 0.393. The van der Waals surface area contributed by atoms with Crippen molar-refractivity contribution >= 4 is 0 Å². The molecule has 0 aromatic carbocycles. The first-order valence-electron chi connectivity index (χ1n) is 6.10. The number of hydrogen-bond donors (Lipinski definition) is 1. The van der Waals surface area contributed by atoms with Crippen LogP contribution in [0.3, 0.4) is 0 Å². The number of likely N-dealkylation sites (tertiary alicyclic amines) is 1. The highest BCUT2D eigenvalue weighted by Gasteiger charge is 2.38. The van der Waals surface area contributed by atoms with Crippen molar-refractivity contribution in [1.29, 1.82) is 0 Å². The summed E-state index contributed by atoms with van der Waals surface area (Å²) in [6.07, 6.45) is 1.11. The number of rotatable bonds is 6. The van der Waals surface area contributed by atoms with Gasteiger partial charge in [0.1, 0.15) is 0 Å². The molecule has 0 spiro atoms. The Hall–Kier alpha value is -0.120. The molecule has 15 heavy (non-hydrogen) atoms. The molecule has 0 saturated carbocycles. The molecule has 90 valence electrons. The van der Waals surface area contributed by atoms with Crippen molar-refractivity contribution in [2.24, 2.45) is 17.1 Å². The molecule has 1 rings (SSSR count). The van der Waals surface area contributed by atoms with Gasteiger partial charge in [-0.25, -0.2) is 0 Å². The van der Waals surface area contributed by atoms with Gasteiger partial charge in [-0.05, 0) is 31.8 Å². The van der Waals surface area contributed by atoms with Gasteiger partial charge in [0.15, 0.2) is 0 Å². The van der Waals surface area contributed by atoms with Gasteiger partial charge in [-0.2, -0.15) is 0 Å². The van der Waals surface area contributed by atoms with Crippen LogP contribution in [-0.2, 0) is 4.74 Å². The lowest BCUT2D eigenvalue weighted by molar-refractivity contribution is 0.0797. The highest BCUT2D eigenvalue weighted by Crippen LogP contribution is 2.35. The monoisotopic (exact) mass is 214 g/mol. The first-order valence-corrected chi connectivity index (χ1v) is 6.10. The maximum Gasteiger partial charge on any atom is 0.0511 e. The van der Waals surface area contributed by atoms with Gasteiger partial charge in [0.05, 0.1) is 6.61 Å². The second-order valence-corrected chi connectivity index (χ2v) is 5.22. The Balaban J connectivity index is 2.37. The number of hydrogen-bond acceptors (Lipinski definition) is 3. The summed E-state index contributed by atoms with van der Waals surface area (Å²) >= 11 is 0. The molecule has 1 aliphatic heterocycles. The van der Waals surface area contributed by atoms with E-state index < -0.39 is 0 Å². The Morgan fingerprint density at radius 3 is 2.80 bits per heavy atom. The maximum absolute atomic E-state index is 5.55. The lowest BCUT2D eigenvalue weighted by Gasteiger charge is -2.25. The molecular weight excluding hydrogens is 188 g/mol. The van der Waals surface area contributed by atoms with Crippen molar-refractivity contribution in [3.8, 4) is 0 Å². The van der Waals surface area contributed by atoms with E-state index in [0.29, 0.717) is 11.3 Å². The topological polar surface area (TPSA) is 38.5 Å². The molecule has 0 amide bonds. The van der Waals surface area contributed by atoms with E-state index in [-0.39, 0.29) is 0 Å². The number of nitrogens with two attached hydrogens (primary N) is 1. The van der Waals surface area contributed by atoms with Crippen LogP contribution in [0.5, 0.6) is 0 Å². The van der Waals surface area contributed by atoms with Crippen molar-refractivity contribution in [2.75, 3.05) is 39.4 Å². The molecule has 2 N–H and O–H groups in total. The lowest BCUT2D eigenvalue weighted by atomic mass is 9.83. The zero-order valence-electron chi connectivity index (χ0n) is 10.5.